The molecular weight excluding hydrogens is 540 g/mol. The highest BCUT2D eigenvalue weighted by molar-refractivity contribution is 7.90. The van der Waals surface area contributed by atoms with Gasteiger partial charge in [-0.2, -0.15) is 4.31 Å². The number of aliphatic hydroxyl groups excluding tert-OH is 1. The van der Waals surface area contributed by atoms with Crippen molar-refractivity contribution in [2.45, 2.75) is 46.8 Å². The first kappa shape index (κ1) is 28.0. The summed E-state index contributed by atoms with van der Waals surface area (Å²) in [5, 5.41) is 15.6. The minimum Gasteiger partial charge on any atom is -0.491 e. The second-order valence-corrected chi connectivity index (χ2v) is 14.4. The smallest absolute Gasteiger partial charge is 0.243 e. The van der Waals surface area contributed by atoms with Crippen molar-refractivity contribution in [2.75, 3.05) is 39.1 Å². The fraction of sp³-hybridized carbons (Fsp3) is 0.429. The highest BCUT2D eigenvalue weighted by atomic mass is 32.2. The number of hydrogen-bond donors (Lipinski definition) is 2. The summed E-state index contributed by atoms with van der Waals surface area (Å²) in [7, 11) is -6.93. The van der Waals surface area contributed by atoms with E-state index in [1.54, 1.807) is 28.6 Å². The minimum atomic E-state index is -3.59. The zero-order valence-electron chi connectivity index (χ0n) is 21.8. The number of nitrogens with one attached hydrogen (secondary N) is 1. The van der Waals surface area contributed by atoms with Gasteiger partial charge < -0.3 is 19.9 Å². The number of piperidine rings is 1. The van der Waals surface area contributed by atoms with Gasteiger partial charge in [-0.3, -0.25) is 0 Å². The lowest BCUT2D eigenvalue weighted by molar-refractivity contribution is -0.0312. The molecule has 0 aromatic heterocycles. The lowest BCUT2D eigenvalue weighted by atomic mass is 9.88. The van der Waals surface area contributed by atoms with E-state index in [0.29, 0.717) is 49.7 Å². The summed E-state index contributed by atoms with van der Waals surface area (Å²) in [5.74, 6) is 0.380. The number of rotatable bonds is 9. The molecule has 2 aliphatic heterocycles. The Hall–Kier alpha value is -2.54. The second-order valence-electron chi connectivity index (χ2n) is 10.4. The monoisotopic (exact) mass is 574 g/mol. The van der Waals surface area contributed by atoms with Crippen LogP contribution in [0.1, 0.15) is 19.3 Å². The predicted molar refractivity (Wildman–Crippen MR) is 148 cm³/mol. The molecule has 2 fully saturated rings. The maximum absolute atomic E-state index is 13.3. The number of nitrogens with zero attached hydrogens (tertiary/aromatic N) is 1. The van der Waals surface area contributed by atoms with Crippen molar-refractivity contribution in [2.24, 2.45) is 0 Å². The number of sulfone groups is 1. The van der Waals surface area contributed by atoms with Gasteiger partial charge in [0, 0.05) is 31.9 Å². The van der Waals surface area contributed by atoms with Crippen molar-refractivity contribution >= 4 is 30.6 Å². The maximum atomic E-state index is 13.3. The molecule has 0 aliphatic carbocycles. The fourth-order valence-corrected chi connectivity index (χ4v) is 7.42. The highest BCUT2D eigenvalue weighted by Gasteiger charge is 2.44. The number of hydrogen-bond acceptors (Lipinski definition) is 8. The molecule has 5 rings (SSSR count). The summed E-state index contributed by atoms with van der Waals surface area (Å²) in [6.45, 7) is 1.58. The summed E-state index contributed by atoms with van der Waals surface area (Å²) < 4.78 is 63.4. The molecule has 2 aliphatic rings. The molecule has 210 valence electrons. The third-order valence-electron chi connectivity index (χ3n) is 7.52. The van der Waals surface area contributed by atoms with Gasteiger partial charge in [-0.15, -0.1) is 0 Å². The molecule has 0 radical (unpaired) electrons. The van der Waals surface area contributed by atoms with E-state index in [2.05, 4.69) is 5.32 Å². The molecule has 0 amide bonds. The van der Waals surface area contributed by atoms with E-state index in [1.807, 2.05) is 30.3 Å². The van der Waals surface area contributed by atoms with Crippen LogP contribution < -0.4 is 10.1 Å². The number of ether oxygens (including phenoxy) is 2. The maximum Gasteiger partial charge on any atom is 0.243 e. The molecule has 0 saturated carbocycles. The van der Waals surface area contributed by atoms with E-state index in [1.165, 1.54) is 12.1 Å². The average Bonchev–Trinajstić information content (AvgIpc) is 3.32. The molecule has 2 atom stereocenters. The number of aliphatic hydroxyl groups is 1. The zero-order valence-corrected chi connectivity index (χ0v) is 23.5. The van der Waals surface area contributed by atoms with E-state index >= 15 is 0 Å². The van der Waals surface area contributed by atoms with E-state index in [4.69, 9.17) is 9.47 Å². The van der Waals surface area contributed by atoms with Crippen LogP contribution in [0.5, 0.6) is 5.75 Å². The molecule has 11 heteroatoms. The van der Waals surface area contributed by atoms with E-state index in [-0.39, 0.29) is 23.1 Å². The zero-order chi connectivity index (χ0) is 27.7. The van der Waals surface area contributed by atoms with Gasteiger partial charge in [0.25, 0.3) is 0 Å². The molecule has 2 N–H and O–H groups in total. The van der Waals surface area contributed by atoms with Crippen molar-refractivity contribution < 1.29 is 31.4 Å². The van der Waals surface area contributed by atoms with Gasteiger partial charge in [0.2, 0.25) is 10.0 Å². The van der Waals surface area contributed by atoms with E-state index < -0.39 is 26.0 Å². The third kappa shape index (κ3) is 6.45. The topological polar surface area (TPSA) is 122 Å². The summed E-state index contributed by atoms with van der Waals surface area (Å²) in [6.07, 6.45) is 2.30. The SMILES string of the molecule is CS(=O)(=O)c1cccc(OCC(O)CN[C@@H]2COC3(CCN(S(=O)(=O)c4ccc5ccccc5c4)CC3)C2)c1. The summed E-state index contributed by atoms with van der Waals surface area (Å²) in [5.41, 5.74) is -0.374. The largest absolute Gasteiger partial charge is 0.491 e. The Morgan fingerprint density at radius 1 is 1.00 bits per heavy atom. The van der Waals surface area contributed by atoms with Crippen LogP contribution in [0.3, 0.4) is 0 Å². The van der Waals surface area contributed by atoms with Crippen LogP contribution in [0, 0.1) is 0 Å². The lowest BCUT2D eigenvalue weighted by Gasteiger charge is -2.38. The standard InChI is InChI=1S/C28H34N2O7S2/c1-38(32,33)26-8-4-7-25(16-26)36-20-24(31)18-29-23-17-28(37-19-23)11-13-30(14-12-28)39(34,35)27-10-9-21-5-2-3-6-22(21)15-27/h2-10,15-16,23-24,29,31H,11-14,17-20H2,1H3/t23-,24?/m0/s1. The summed E-state index contributed by atoms with van der Waals surface area (Å²) >= 11 is 0. The van der Waals surface area contributed by atoms with Gasteiger partial charge in [0.15, 0.2) is 9.84 Å². The van der Waals surface area contributed by atoms with Crippen LogP contribution in [0.2, 0.25) is 0 Å². The third-order valence-corrected chi connectivity index (χ3v) is 10.5. The molecule has 1 spiro atoms. The molecule has 2 heterocycles. The quantitative estimate of drug-likeness (QED) is 0.400. The van der Waals surface area contributed by atoms with Gasteiger partial charge in [0.05, 0.1) is 22.0 Å². The Labute approximate surface area is 229 Å². The normalized spacial score (nSPS) is 20.8. The Morgan fingerprint density at radius 3 is 2.49 bits per heavy atom. The number of sulfonamides is 1. The molecule has 0 bridgehead atoms. The van der Waals surface area contributed by atoms with Crippen LogP contribution >= 0.6 is 0 Å². The Kier molecular flexibility index (Phi) is 8.01. The van der Waals surface area contributed by atoms with Gasteiger partial charge in [-0.05, 0) is 60.4 Å². The van der Waals surface area contributed by atoms with E-state index in [9.17, 15) is 21.9 Å². The van der Waals surface area contributed by atoms with Crippen molar-refractivity contribution in [1.82, 2.24) is 9.62 Å². The number of benzene rings is 3. The summed E-state index contributed by atoms with van der Waals surface area (Å²) in [4.78, 5) is 0.473. The lowest BCUT2D eigenvalue weighted by Crippen LogP contribution is -2.47. The first-order chi connectivity index (χ1) is 18.5. The Balaban J connectivity index is 1.10. The predicted octanol–water partition coefficient (Wildman–Crippen LogP) is 2.59. The van der Waals surface area contributed by atoms with Crippen molar-refractivity contribution in [3.63, 3.8) is 0 Å². The molecule has 3 aromatic carbocycles. The Bertz CT molecular complexity index is 1530. The highest BCUT2D eigenvalue weighted by Crippen LogP contribution is 2.37. The van der Waals surface area contributed by atoms with Crippen LogP contribution in [-0.2, 0) is 24.6 Å². The van der Waals surface area contributed by atoms with Gasteiger partial charge in [-0.1, -0.05) is 36.4 Å². The van der Waals surface area contributed by atoms with E-state index in [0.717, 1.165) is 23.4 Å². The van der Waals surface area contributed by atoms with Gasteiger partial charge in [0.1, 0.15) is 18.5 Å². The second kappa shape index (κ2) is 11.1. The van der Waals surface area contributed by atoms with Crippen LogP contribution in [-0.4, -0.2) is 83.1 Å². The molecule has 2 saturated heterocycles. The van der Waals surface area contributed by atoms with Crippen molar-refractivity contribution in [1.29, 1.82) is 0 Å². The molecular formula is C28H34N2O7S2. The summed E-state index contributed by atoms with van der Waals surface area (Å²) in [6, 6.07) is 19.2. The molecule has 9 nitrogen and oxygen atoms in total. The molecule has 3 aromatic rings. The first-order valence-corrected chi connectivity index (χ1v) is 16.3. The average molecular weight is 575 g/mol. The van der Waals surface area contributed by atoms with Gasteiger partial charge >= 0.3 is 0 Å². The Morgan fingerprint density at radius 2 is 1.74 bits per heavy atom. The molecule has 39 heavy (non-hydrogen) atoms. The fourth-order valence-electron chi connectivity index (χ4n) is 5.28. The first-order valence-electron chi connectivity index (χ1n) is 13.0. The molecule has 1 unspecified atom stereocenters. The minimum absolute atomic E-state index is 0.0144. The van der Waals surface area contributed by atoms with Crippen LogP contribution in [0.4, 0.5) is 0 Å². The van der Waals surface area contributed by atoms with Crippen LogP contribution in [0.15, 0.2) is 76.5 Å². The van der Waals surface area contributed by atoms with Crippen molar-refractivity contribution in [3.05, 3.63) is 66.7 Å². The number of fused-ring (bicyclic) bond motifs is 1. The van der Waals surface area contributed by atoms with Crippen LogP contribution in [0.25, 0.3) is 10.8 Å². The van der Waals surface area contributed by atoms with Gasteiger partial charge in [-0.25, -0.2) is 16.8 Å². The van der Waals surface area contributed by atoms with Crippen molar-refractivity contribution in [3.8, 4) is 5.75 Å².